The van der Waals surface area contributed by atoms with E-state index in [1.165, 1.54) is 0 Å². The topological polar surface area (TPSA) is 26.0 Å². The summed E-state index contributed by atoms with van der Waals surface area (Å²) in [6, 6.07) is 0.105. The Hall–Kier alpha value is -0.110. The molecule has 1 fully saturated rings. The molecule has 1 saturated carbocycles. The molecular weight excluding hydrogens is 117 g/mol. The van der Waals surface area contributed by atoms with Crippen LogP contribution in [-0.2, 0) is 0 Å². The Morgan fingerprint density at radius 3 is 2.67 bits per heavy atom. The van der Waals surface area contributed by atoms with Crippen molar-refractivity contribution in [3.05, 3.63) is 0 Å². The van der Waals surface area contributed by atoms with Gasteiger partial charge in [-0.15, -0.1) is 0 Å². The lowest BCUT2D eigenvalue weighted by atomic mass is 9.85. The van der Waals surface area contributed by atoms with Gasteiger partial charge in [0, 0.05) is 6.04 Å². The monoisotopic (exact) mass is 131 g/mol. The van der Waals surface area contributed by atoms with Gasteiger partial charge in [0.05, 0.1) is 0 Å². The Morgan fingerprint density at radius 1 is 1.67 bits per heavy atom. The molecule has 0 bridgehead atoms. The fourth-order valence-corrected chi connectivity index (χ4v) is 1.48. The maximum Gasteiger partial charge on any atom is 0.109 e. The molecule has 0 aliphatic heterocycles. The second-order valence-electron chi connectivity index (χ2n) is 3.27. The highest BCUT2D eigenvalue weighted by Gasteiger charge is 2.29. The van der Waals surface area contributed by atoms with Crippen LogP contribution in [-0.4, -0.2) is 11.7 Å². The van der Waals surface area contributed by atoms with E-state index in [1.54, 1.807) is 6.92 Å². The molecule has 0 spiro atoms. The third kappa shape index (κ3) is 1.94. The van der Waals surface area contributed by atoms with Crippen molar-refractivity contribution >= 4 is 0 Å². The summed E-state index contributed by atoms with van der Waals surface area (Å²) >= 11 is 0. The first-order chi connectivity index (χ1) is 4.10. The smallest absolute Gasteiger partial charge is 0.109 e. The van der Waals surface area contributed by atoms with Crippen LogP contribution in [0.15, 0.2) is 0 Å². The molecule has 1 rings (SSSR count). The van der Waals surface area contributed by atoms with Gasteiger partial charge in [-0.25, -0.2) is 4.39 Å². The van der Waals surface area contributed by atoms with Crippen LogP contribution in [0.1, 0.15) is 32.6 Å². The van der Waals surface area contributed by atoms with Gasteiger partial charge in [0.15, 0.2) is 0 Å². The molecule has 0 radical (unpaired) electrons. The van der Waals surface area contributed by atoms with E-state index in [0.29, 0.717) is 12.8 Å². The molecule has 0 aromatic heterocycles. The molecule has 1 nitrogen and oxygen atoms in total. The van der Waals surface area contributed by atoms with Gasteiger partial charge in [0.2, 0.25) is 0 Å². The number of alkyl halides is 1. The van der Waals surface area contributed by atoms with Crippen molar-refractivity contribution in [2.75, 3.05) is 0 Å². The van der Waals surface area contributed by atoms with Crippen LogP contribution in [0, 0.1) is 0 Å². The van der Waals surface area contributed by atoms with Crippen LogP contribution < -0.4 is 5.73 Å². The van der Waals surface area contributed by atoms with E-state index in [-0.39, 0.29) is 6.04 Å². The Labute approximate surface area is 55.4 Å². The van der Waals surface area contributed by atoms with E-state index < -0.39 is 5.67 Å². The summed E-state index contributed by atoms with van der Waals surface area (Å²) in [6.45, 7) is 1.64. The Kier molecular flexibility index (Phi) is 1.75. The third-order valence-electron chi connectivity index (χ3n) is 1.96. The molecule has 2 atom stereocenters. The summed E-state index contributed by atoms with van der Waals surface area (Å²) < 4.78 is 13.0. The van der Waals surface area contributed by atoms with E-state index in [9.17, 15) is 4.39 Å². The van der Waals surface area contributed by atoms with Crippen LogP contribution in [0.2, 0.25) is 0 Å². The minimum absolute atomic E-state index is 0.105. The van der Waals surface area contributed by atoms with Crippen LogP contribution in [0.5, 0.6) is 0 Å². The summed E-state index contributed by atoms with van der Waals surface area (Å²) in [7, 11) is 0. The van der Waals surface area contributed by atoms with E-state index >= 15 is 0 Å². The van der Waals surface area contributed by atoms with Crippen LogP contribution in [0.25, 0.3) is 0 Å². The minimum Gasteiger partial charge on any atom is -0.328 e. The van der Waals surface area contributed by atoms with Crippen LogP contribution in [0.4, 0.5) is 4.39 Å². The molecule has 0 aromatic rings. The average Bonchev–Trinajstić information content (AvgIpc) is 1.60. The Morgan fingerprint density at radius 2 is 2.33 bits per heavy atom. The van der Waals surface area contributed by atoms with Crippen molar-refractivity contribution in [3.8, 4) is 0 Å². The SMILES string of the molecule is C[C@@]1(F)CCC[C@@H](N)C1. The van der Waals surface area contributed by atoms with Gasteiger partial charge in [0.25, 0.3) is 0 Å². The lowest BCUT2D eigenvalue weighted by Gasteiger charge is -2.29. The molecule has 1 aliphatic carbocycles. The van der Waals surface area contributed by atoms with E-state index in [2.05, 4.69) is 0 Å². The van der Waals surface area contributed by atoms with E-state index in [1.807, 2.05) is 0 Å². The largest absolute Gasteiger partial charge is 0.328 e. The third-order valence-corrected chi connectivity index (χ3v) is 1.96. The predicted molar refractivity (Wildman–Crippen MR) is 36.0 cm³/mol. The maximum atomic E-state index is 13.0. The molecule has 0 saturated heterocycles. The molecule has 0 aromatic carbocycles. The highest BCUT2D eigenvalue weighted by atomic mass is 19.1. The fourth-order valence-electron chi connectivity index (χ4n) is 1.48. The van der Waals surface area contributed by atoms with Gasteiger partial charge >= 0.3 is 0 Å². The highest BCUT2D eigenvalue weighted by Crippen LogP contribution is 2.30. The molecule has 2 N–H and O–H groups in total. The van der Waals surface area contributed by atoms with Gasteiger partial charge < -0.3 is 5.73 Å². The summed E-state index contributed by atoms with van der Waals surface area (Å²) in [5.74, 6) is 0. The van der Waals surface area contributed by atoms with Crippen molar-refractivity contribution < 1.29 is 4.39 Å². The first-order valence-electron chi connectivity index (χ1n) is 3.55. The quantitative estimate of drug-likeness (QED) is 0.531. The summed E-state index contributed by atoms with van der Waals surface area (Å²) in [5, 5.41) is 0. The van der Waals surface area contributed by atoms with Gasteiger partial charge in [-0.1, -0.05) is 0 Å². The Balaban J connectivity index is 2.41. The van der Waals surface area contributed by atoms with E-state index in [4.69, 9.17) is 5.73 Å². The fraction of sp³-hybridized carbons (Fsp3) is 1.00. The predicted octanol–water partition coefficient (Wildman–Crippen LogP) is 1.62. The standard InChI is InChI=1S/C7H14FN/c1-7(8)4-2-3-6(9)5-7/h6H,2-5,9H2,1H3/t6-,7-/m1/s1. The van der Waals surface area contributed by atoms with Crippen molar-refractivity contribution in [2.24, 2.45) is 5.73 Å². The number of nitrogens with two attached hydrogens (primary N) is 1. The molecule has 1 aliphatic rings. The van der Waals surface area contributed by atoms with Gasteiger partial charge in [0.1, 0.15) is 5.67 Å². The molecule has 0 unspecified atom stereocenters. The Bertz CT molecular complexity index is 101. The van der Waals surface area contributed by atoms with Gasteiger partial charge in [-0.3, -0.25) is 0 Å². The zero-order valence-corrected chi connectivity index (χ0v) is 5.86. The van der Waals surface area contributed by atoms with Crippen molar-refractivity contribution in [2.45, 2.75) is 44.3 Å². The maximum absolute atomic E-state index is 13.0. The van der Waals surface area contributed by atoms with Crippen molar-refractivity contribution in [1.29, 1.82) is 0 Å². The average molecular weight is 131 g/mol. The molecule has 54 valence electrons. The van der Waals surface area contributed by atoms with Crippen LogP contribution in [0.3, 0.4) is 0 Å². The molecule has 0 heterocycles. The second kappa shape index (κ2) is 2.25. The zero-order chi connectivity index (χ0) is 6.91. The highest BCUT2D eigenvalue weighted by molar-refractivity contribution is 4.84. The van der Waals surface area contributed by atoms with Gasteiger partial charge in [-0.05, 0) is 32.6 Å². The molecule has 0 amide bonds. The van der Waals surface area contributed by atoms with Crippen molar-refractivity contribution in [3.63, 3.8) is 0 Å². The normalized spacial score (nSPS) is 45.0. The second-order valence-corrected chi connectivity index (χ2v) is 3.27. The number of hydrogen-bond donors (Lipinski definition) is 1. The lowest BCUT2D eigenvalue weighted by molar-refractivity contribution is 0.118. The molecular formula is C7H14FN. The number of hydrogen-bond acceptors (Lipinski definition) is 1. The molecule has 2 heteroatoms. The first kappa shape index (κ1) is 7.00. The summed E-state index contributed by atoms with van der Waals surface area (Å²) in [4.78, 5) is 0. The zero-order valence-electron chi connectivity index (χ0n) is 5.86. The summed E-state index contributed by atoms with van der Waals surface area (Å²) in [6.07, 6.45) is 3.20. The van der Waals surface area contributed by atoms with Crippen molar-refractivity contribution in [1.82, 2.24) is 0 Å². The van der Waals surface area contributed by atoms with E-state index in [0.717, 1.165) is 12.8 Å². The molecule has 9 heavy (non-hydrogen) atoms. The van der Waals surface area contributed by atoms with Gasteiger partial charge in [-0.2, -0.15) is 0 Å². The summed E-state index contributed by atoms with van der Waals surface area (Å²) in [5.41, 5.74) is 4.60. The number of halogens is 1. The van der Waals surface area contributed by atoms with Crippen LogP contribution >= 0.6 is 0 Å². The lowest BCUT2D eigenvalue weighted by Crippen LogP contribution is -2.35. The minimum atomic E-state index is -0.975. The number of rotatable bonds is 0. The first-order valence-corrected chi connectivity index (χ1v) is 3.55.